The molecule has 154 valence electrons. The molecule has 0 atom stereocenters. The Kier molecular flexibility index (Phi) is 7.18. The predicted molar refractivity (Wildman–Crippen MR) is 103 cm³/mol. The first-order valence-electron chi connectivity index (χ1n) is 10.3. The maximum absolute atomic E-state index is 11.0. The van der Waals surface area contributed by atoms with E-state index in [9.17, 15) is 9.59 Å². The Morgan fingerprint density at radius 3 is 1.18 bits per heavy atom. The maximum Gasteiger partial charge on any atom is 0.302 e. The van der Waals surface area contributed by atoms with E-state index in [1.165, 1.54) is 13.8 Å². The Morgan fingerprint density at radius 2 is 0.893 bits per heavy atom. The topological polar surface area (TPSA) is 71.1 Å². The van der Waals surface area contributed by atoms with Gasteiger partial charge in [0.1, 0.15) is 23.7 Å². The summed E-state index contributed by atoms with van der Waals surface area (Å²) in [6.07, 6.45) is 7.34. The summed E-state index contributed by atoms with van der Waals surface area (Å²) in [5.41, 5.74) is 0. The predicted octanol–water partition coefficient (Wildman–Crippen LogP) is 4.19. The number of esters is 2. The van der Waals surface area contributed by atoms with Crippen molar-refractivity contribution >= 4 is 11.9 Å². The summed E-state index contributed by atoms with van der Waals surface area (Å²) in [5.74, 6) is 1.25. The van der Waals surface area contributed by atoms with Gasteiger partial charge in [0.25, 0.3) is 0 Å². The van der Waals surface area contributed by atoms with Crippen LogP contribution >= 0.6 is 0 Å². The summed E-state index contributed by atoms with van der Waals surface area (Å²) in [7, 11) is 0. The van der Waals surface area contributed by atoms with Gasteiger partial charge in [0.2, 0.25) is 0 Å². The van der Waals surface area contributed by atoms with Crippen molar-refractivity contribution in [3.8, 4) is 11.5 Å². The maximum atomic E-state index is 11.0. The summed E-state index contributed by atoms with van der Waals surface area (Å²) in [5, 5.41) is 0. The number of rotatable bonds is 6. The van der Waals surface area contributed by atoms with Crippen molar-refractivity contribution in [2.24, 2.45) is 0 Å². The van der Waals surface area contributed by atoms with Crippen molar-refractivity contribution in [1.82, 2.24) is 0 Å². The Balaban J connectivity index is 1.40. The lowest BCUT2D eigenvalue weighted by molar-refractivity contribution is -0.149. The van der Waals surface area contributed by atoms with Crippen molar-refractivity contribution in [2.45, 2.75) is 89.6 Å². The molecule has 0 aliphatic heterocycles. The Labute approximate surface area is 166 Å². The standard InChI is InChI=1S/C22H30O6/c1-15(23)25-17-3-7-19(8-4-17)27-21-11-13-22(14-12-21)28-20-9-5-18(6-10-20)26-16(2)24/h11-14,17-20H,3-10H2,1-2H3. The van der Waals surface area contributed by atoms with Gasteiger partial charge in [-0.1, -0.05) is 0 Å². The molecule has 0 bridgehead atoms. The van der Waals surface area contributed by atoms with Gasteiger partial charge in [-0.05, 0) is 75.6 Å². The fraction of sp³-hybridized carbons (Fsp3) is 0.636. The van der Waals surface area contributed by atoms with Gasteiger partial charge in [-0.2, -0.15) is 0 Å². The molecule has 1 aromatic carbocycles. The minimum absolute atomic E-state index is 0.0315. The second-order valence-corrected chi connectivity index (χ2v) is 7.72. The van der Waals surface area contributed by atoms with Crippen molar-refractivity contribution in [1.29, 1.82) is 0 Å². The Bertz CT molecular complexity index is 582. The molecular formula is C22H30O6. The average molecular weight is 390 g/mol. The van der Waals surface area contributed by atoms with Gasteiger partial charge in [0.15, 0.2) is 0 Å². The smallest absolute Gasteiger partial charge is 0.302 e. The Morgan fingerprint density at radius 1 is 0.607 bits per heavy atom. The highest BCUT2D eigenvalue weighted by molar-refractivity contribution is 5.66. The molecule has 0 aromatic heterocycles. The molecular weight excluding hydrogens is 360 g/mol. The van der Waals surface area contributed by atoms with Crippen LogP contribution in [0.2, 0.25) is 0 Å². The molecule has 1 aromatic rings. The highest BCUT2D eigenvalue weighted by atomic mass is 16.5. The lowest BCUT2D eigenvalue weighted by Gasteiger charge is -2.29. The van der Waals surface area contributed by atoms with E-state index in [0.717, 1.165) is 62.9 Å². The Hall–Kier alpha value is -2.24. The van der Waals surface area contributed by atoms with Gasteiger partial charge in [-0.3, -0.25) is 9.59 Å². The quantitative estimate of drug-likeness (QED) is 0.678. The van der Waals surface area contributed by atoms with Crippen LogP contribution in [0, 0.1) is 0 Å². The van der Waals surface area contributed by atoms with Crippen LogP contribution in [-0.4, -0.2) is 36.4 Å². The number of carbonyl (C=O) groups excluding carboxylic acids is 2. The summed E-state index contributed by atoms with van der Waals surface area (Å²) in [4.78, 5) is 22.1. The minimum atomic E-state index is -0.208. The second-order valence-electron chi connectivity index (χ2n) is 7.72. The fourth-order valence-electron chi connectivity index (χ4n) is 3.99. The van der Waals surface area contributed by atoms with Crippen LogP contribution in [0.1, 0.15) is 65.2 Å². The second kappa shape index (κ2) is 9.80. The molecule has 0 radical (unpaired) electrons. The van der Waals surface area contributed by atoms with Crippen LogP contribution in [0.15, 0.2) is 24.3 Å². The summed E-state index contributed by atoms with van der Waals surface area (Å²) >= 11 is 0. The van der Waals surface area contributed by atoms with Crippen molar-refractivity contribution < 1.29 is 28.5 Å². The third-order valence-corrected chi connectivity index (χ3v) is 5.34. The third-order valence-electron chi connectivity index (χ3n) is 5.34. The van der Waals surface area contributed by atoms with Gasteiger partial charge in [-0.25, -0.2) is 0 Å². The molecule has 0 amide bonds. The summed E-state index contributed by atoms with van der Waals surface area (Å²) in [6.45, 7) is 2.91. The van der Waals surface area contributed by atoms with E-state index in [1.54, 1.807) is 0 Å². The van der Waals surface area contributed by atoms with E-state index in [0.29, 0.717) is 0 Å². The number of hydrogen-bond acceptors (Lipinski definition) is 6. The average Bonchev–Trinajstić information content (AvgIpc) is 2.66. The molecule has 6 heteroatoms. The number of carbonyl (C=O) groups is 2. The molecule has 2 fully saturated rings. The lowest BCUT2D eigenvalue weighted by atomic mass is 9.95. The van der Waals surface area contributed by atoms with E-state index < -0.39 is 0 Å². The van der Waals surface area contributed by atoms with Crippen molar-refractivity contribution in [3.63, 3.8) is 0 Å². The SMILES string of the molecule is CC(=O)OC1CCC(Oc2ccc(OC3CCC(OC(C)=O)CC3)cc2)CC1. The van der Waals surface area contributed by atoms with Gasteiger partial charge in [-0.15, -0.1) is 0 Å². The first-order chi connectivity index (χ1) is 13.5. The molecule has 28 heavy (non-hydrogen) atoms. The number of ether oxygens (including phenoxy) is 4. The minimum Gasteiger partial charge on any atom is -0.490 e. The van der Waals surface area contributed by atoms with Crippen LogP contribution < -0.4 is 9.47 Å². The van der Waals surface area contributed by atoms with Gasteiger partial charge < -0.3 is 18.9 Å². The molecule has 0 N–H and O–H groups in total. The van der Waals surface area contributed by atoms with Crippen LogP contribution in [0.3, 0.4) is 0 Å². The number of hydrogen-bond donors (Lipinski definition) is 0. The van der Waals surface area contributed by atoms with Crippen LogP contribution in [0.4, 0.5) is 0 Å². The van der Waals surface area contributed by atoms with E-state index in [1.807, 2.05) is 24.3 Å². The van der Waals surface area contributed by atoms with E-state index in [4.69, 9.17) is 18.9 Å². The van der Waals surface area contributed by atoms with Crippen LogP contribution in [0.5, 0.6) is 11.5 Å². The van der Waals surface area contributed by atoms with Crippen LogP contribution in [-0.2, 0) is 19.1 Å². The number of benzene rings is 1. The third kappa shape index (κ3) is 6.43. The molecule has 2 aliphatic rings. The van der Waals surface area contributed by atoms with Crippen molar-refractivity contribution in [2.75, 3.05) is 0 Å². The van der Waals surface area contributed by atoms with Gasteiger partial charge >= 0.3 is 11.9 Å². The van der Waals surface area contributed by atoms with Crippen molar-refractivity contribution in [3.05, 3.63) is 24.3 Å². The molecule has 6 nitrogen and oxygen atoms in total. The molecule has 0 saturated heterocycles. The first-order valence-corrected chi connectivity index (χ1v) is 10.3. The zero-order chi connectivity index (χ0) is 19.9. The van der Waals surface area contributed by atoms with Crippen LogP contribution in [0.25, 0.3) is 0 Å². The molecule has 0 heterocycles. The molecule has 2 saturated carbocycles. The molecule has 0 spiro atoms. The fourth-order valence-corrected chi connectivity index (χ4v) is 3.99. The molecule has 2 aliphatic carbocycles. The summed E-state index contributed by atoms with van der Waals surface area (Å²) < 4.78 is 22.7. The van der Waals surface area contributed by atoms with E-state index in [-0.39, 0.29) is 36.4 Å². The zero-order valence-electron chi connectivity index (χ0n) is 16.7. The van der Waals surface area contributed by atoms with Gasteiger partial charge in [0.05, 0.1) is 12.2 Å². The monoisotopic (exact) mass is 390 g/mol. The first kappa shape index (κ1) is 20.5. The summed E-state index contributed by atoms with van der Waals surface area (Å²) in [6, 6.07) is 7.77. The normalized spacial score (nSPS) is 27.5. The van der Waals surface area contributed by atoms with Gasteiger partial charge in [0, 0.05) is 13.8 Å². The van der Waals surface area contributed by atoms with E-state index >= 15 is 0 Å². The molecule has 3 rings (SSSR count). The largest absolute Gasteiger partial charge is 0.490 e. The highest BCUT2D eigenvalue weighted by Gasteiger charge is 2.25. The van der Waals surface area contributed by atoms with E-state index in [2.05, 4.69) is 0 Å². The molecule has 0 unspecified atom stereocenters. The zero-order valence-corrected chi connectivity index (χ0v) is 16.7. The highest BCUT2D eigenvalue weighted by Crippen LogP contribution is 2.29. The lowest BCUT2D eigenvalue weighted by Crippen LogP contribution is -2.29.